The Labute approximate surface area is 116 Å². The molecule has 0 heteroatoms. The Morgan fingerprint density at radius 3 is 2.00 bits per heavy atom. The molecule has 108 valence electrons. The van der Waals surface area contributed by atoms with Crippen molar-refractivity contribution in [3.63, 3.8) is 0 Å². The van der Waals surface area contributed by atoms with Crippen LogP contribution in [-0.2, 0) is 0 Å². The van der Waals surface area contributed by atoms with Crippen LogP contribution in [0, 0.1) is 29.1 Å². The third-order valence-electron chi connectivity index (χ3n) is 6.36. The molecule has 0 aliphatic heterocycles. The highest BCUT2D eigenvalue weighted by molar-refractivity contribution is 4.97. The molecule has 1 aliphatic carbocycles. The molecule has 0 aromatic rings. The van der Waals surface area contributed by atoms with E-state index in [0.717, 1.165) is 23.7 Å². The molecule has 0 bridgehead atoms. The van der Waals surface area contributed by atoms with E-state index >= 15 is 0 Å². The van der Waals surface area contributed by atoms with Gasteiger partial charge in [0.15, 0.2) is 0 Å². The smallest absolute Gasteiger partial charge is 0.0241 e. The SMILES string of the molecule is CCC(C)CC(CC)(C(C)CC)C1CCC1CC. The summed E-state index contributed by atoms with van der Waals surface area (Å²) in [4.78, 5) is 0. The molecule has 0 amide bonds. The summed E-state index contributed by atoms with van der Waals surface area (Å²) in [6, 6.07) is 0. The minimum Gasteiger partial charge on any atom is -0.0651 e. The van der Waals surface area contributed by atoms with Crippen LogP contribution < -0.4 is 0 Å². The normalized spacial score (nSPS) is 30.3. The molecule has 1 saturated carbocycles. The van der Waals surface area contributed by atoms with E-state index < -0.39 is 0 Å². The predicted octanol–water partition coefficient (Wildman–Crippen LogP) is 6.30. The summed E-state index contributed by atoms with van der Waals surface area (Å²) < 4.78 is 0. The summed E-state index contributed by atoms with van der Waals surface area (Å²) in [5.74, 6) is 3.85. The average Bonchev–Trinajstić information content (AvgIpc) is 2.35. The molecule has 0 spiro atoms. The van der Waals surface area contributed by atoms with Crippen LogP contribution in [0.1, 0.15) is 86.5 Å². The van der Waals surface area contributed by atoms with Crippen LogP contribution in [0.25, 0.3) is 0 Å². The lowest BCUT2D eigenvalue weighted by atomic mass is 9.51. The maximum Gasteiger partial charge on any atom is -0.0241 e. The first-order chi connectivity index (χ1) is 8.55. The highest BCUT2D eigenvalue weighted by atomic mass is 14.5. The van der Waals surface area contributed by atoms with Crippen LogP contribution in [0.4, 0.5) is 0 Å². The molecule has 0 saturated heterocycles. The van der Waals surface area contributed by atoms with Gasteiger partial charge < -0.3 is 0 Å². The predicted molar refractivity (Wildman–Crippen MR) is 82.8 cm³/mol. The van der Waals surface area contributed by atoms with Crippen LogP contribution in [0.15, 0.2) is 0 Å². The van der Waals surface area contributed by atoms with Crippen molar-refractivity contribution in [1.82, 2.24) is 0 Å². The lowest BCUT2D eigenvalue weighted by Gasteiger charge is -2.54. The van der Waals surface area contributed by atoms with E-state index in [1.165, 1.54) is 44.9 Å². The quantitative estimate of drug-likeness (QED) is 0.475. The van der Waals surface area contributed by atoms with Crippen molar-refractivity contribution in [1.29, 1.82) is 0 Å². The fourth-order valence-corrected chi connectivity index (χ4v) is 4.49. The van der Waals surface area contributed by atoms with Crippen molar-refractivity contribution < 1.29 is 0 Å². The van der Waals surface area contributed by atoms with E-state index in [0.29, 0.717) is 5.41 Å². The molecular formula is C18H36. The highest BCUT2D eigenvalue weighted by Crippen LogP contribution is 2.57. The molecule has 0 radical (unpaired) electrons. The first-order valence-electron chi connectivity index (χ1n) is 8.55. The monoisotopic (exact) mass is 252 g/mol. The molecule has 1 rings (SSSR count). The Bertz CT molecular complexity index is 230. The Kier molecular flexibility index (Phi) is 6.21. The zero-order chi connectivity index (χ0) is 13.8. The van der Waals surface area contributed by atoms with Crippen LogP contribution in [0.2, 0.25) is 0 Å². The van der Waals surface area contributed by atoms with Crippen LogP contribution in [-0.4, -0.2) is 0 Å². The van der Waals surface area contributed by atoms with Crippen molar-refractivity contribution in [2.45, 2.75) is 86.5 Å². The topological polar surface area (TPSA) is 0 Å². The molecule has 1 fully saturated rings. The molecule has 0 aromatic heterocycles. The van der Waals surface area contributed by atoms with E-state index in [1.54, 1.807) is 0 Å². The molecule has 18 heavy (non-hydrogen) atoms. The maximum absolute atomic E-state index is 2.52. The van der Waals surface area contributed by atoms with Gasteiger partial charge >= 0.3 is 0 Å². The number of rotatable bonds is 8. The molecule has 5 atom stereocenters. The molecule has 5 unspecified atom stereocenters. The van der Waals surface area contributed by atoms with E-state index in [1.807, 2.05) is 0 Å². The van der Waals surface area contributed by atoms with Crippen molar-refractivity contribution >= 4 is 0 Å². The van der Waals surface area contributed by atoms with Gasteiger partial charge in [-0.05, 0) is 54.8 Å². The first kappa shape index (κ1) is 16.1. The summed E-state index contributed by atoms with van der Waals surface area (Å²) in [7, 11) is 0. The largest absolute Gasteiger partial charge is 0.0651 e. The lowest BCUT2D eigenvalue weighted by molar-refractivity contribution is -0.0482. The summed E-state index contributed by atoms with van der Waals surface area (Å²) in [6.07, 6.45) is 9.99. The molecule has 0 heterocycles. The van der Waals surface area contributed by atoms with Crippen molar-refractivity contribution in [3.05, 3.63) is 0 Å². The fraction of sp³-hybridized carbons (Fsp3) is 1.00. The second kappa shape index (κ2) is 6.96. The highest BCUT2D eigenvalue weighted by Gasteiger charge is 2.48. The Hall–Kier alpha value is 0. The minimum atomic E-state index is 0.642. The maximum atomic E-state index is 2.52. The molecule has 1 aliphatic rings. The molecular weight excluding hydrogens is 216 g/mol. The lowest BCUT2D eigenvalue weighted by Crippen LogP contribution is -2.46. The first-order valence-corrected chi connectivity index (χ1v) is 8.55. The zero-order valence-corrected chi connectivity index (χ0v) is 13.8. The van der Waals surface area contributed by atoms with Gasteiger partial charge in [0.05, 0.1) is 0 Å². The van der Waals surface area contributed by atoms with E-state index in [-0.39, 0.29) is 0 Å². The fourth-order valence-electron chi connectivity index (χ4n) is 4.49. The van der Waals surface area contributed by atoms with E-state index in [2.05, 4.69) is 41.5 Å². The van der Waals surface area contributed by atoms with Crippen molar-refractivity contribution in [3.8, 4) is 0 Å². The van der Waals surface area contributed by atoms with Crippen LogP contribution >= 0.6 is 0 Å². The molecule has 0 nitrogen and oxygen atoms in total. The Morgan fingerprint density at radius 2 is 1.67 bits per heavy atom. The van der Waals surface area contributed by atoms with Gasteiger partial charge in [-0.25, -0.2) is 0 Å². The van der Waals surface area contributed by atoms with Crippen molar-refractivity contribution in [2.75, 3.05) is 0 Å². The third kappa shape index (κ3) is 2.94. The van der Waals surface area contributed by atoms with E-state index in [4.69, 9.17) is 0 Å². The van der Waals surface area contributed by atoms with Crippen LogP contribution in [0.5, 0.6) is 0 Å². The summed E-state index contributed by atoms with van der Waals surface area (Å²) >= 11 is 0. The number of hydrogen-bond acceptors (Lipinski definition) is 0. The standard InChI is InChI=1S/C18H36/c1-7-14(5)13-18(10-4,15(6)8-2)17-12-11-16(17)9-3/h14-17H,7-13H2,1-6H3. The van der Waals surface area contributed by atoms with Gasteiger partial charge in [0.1, 0.15) is 0 Å². The summed E-state index contributed by atoms with van der Waals surface area (Å²) in [5.41, 5.74) is 0.642. The van der Waals surface area contributed by atoms with Gasteiger partial charge in [0, 0.05) is 0 Å². The second-order valence-electron chi connectivity index (χ2n) is 6.97. The minimum absolute atomic E-state index is 0.642. The number of hydrogen-bond donors (Lipinski definition) is 0. The Balaban J connectivity index is 2.90. The van der Waals surface area contributed by atoms with Gasteiger partial charge in [-0.2, -0.15) is 0 Å². The van der Waals surface area contributed by atoms with Gasteiger partial charge in [0.2, 0.25) is 0 Å². The third-order valence-corrected chi connectivity index (χ3v) is 6.36. The average molecular weight is 252 g/mol. The van der Waals surface area contributed by atoms with Gasteiger partial charge in [0.25, 0.3) is 0 Å². The van der Waals surface area contributed by atoms with Gasteiger partial charge in [-0.3, -0.25) is 0 Å². The van der Waals surface area contributed by atoms with Gasteiger partial charge in [-0.1, -0.05) is 60.8 Å². The summed E-state index contributed by atoms with van der Waals surface area (Å²) in [5, 5.41) is 0. The van der Waals surface area contributed by atoms with Crippen LogP contribution in [0.3, 0.4) is 0 Å². The molecule has 0 aromatic carbocycles. The van der Waals surface area contributed by atoms with Crippen molar-refractivity contribution in [2.24, 2.45) is 29.1 Å². The molecule has 0 N–H and O–H groups in total. The Morgan fingerprint density at radius 1 is 1.00 bits per heavy atom. The zero-order valence-electron chi connectivity index (χ0n) is 13.8. The van der Waals surface area contributed by atoms with Gasteiger partial charge in [-0.15, -0.1) is 0 Å². The van der Waals surface area contributed by atoms with E-state index in [9.17, 15) is 0 Å². The second-order valence-corrected chi connectivity index (χ2v) is 6.97. The summed E-state index contributed by atoms with van der Waals surface area (Å²) in [6.45, 7) is 14.6.